The first-order chi connectivity index (χ1) is 6.83. The maximum absolute atomic E-state index is 5.22. The van der Waals surface area contributed by atoms with Gasteiger partial charge in [-0.2, -0.15) is 0 Å². The van der Waals surface area contributed by atoms with E-state index in [0.29, 0.717) is 6.04 Å². The Hall–Kier alpha value is -1.02. The second kappa shape index (κ2) is 4.01. The molecule has 0 aromatic heterocycles. The third kappa shape index (κ3) is 1.75. The summed E-state index contributed by atoms with van der Waals surface area (Å²) in [6.45, 7) is 0. The SMILES string of the molecule is CN[C@@H]1CCc2cc(OC)ccc2C1. The molecule has 2 rings (SSSR count). The fourth-order valence-electron chi connectivity index (χ4n) is 2.10. The second-order valence-electron chi connectivity index (χ2n) is 3.86. The number of nitrogens with one attached hydrogen (secondary N) is 1. The summed E-state index contributed by atoms with van der Waals surface area (Å²) in [6.07, 6.45) is 3.55. The molecule has 0 spiro atoms. The van der Waals surface area contributed by atoms with Gasteiger partial charge in [0.2, 0.25) is 0 Å². The van der Waals surface area contributed by atoms with Gasteiger partial charge in [-0.15, -0.1) is 0 Å². The first-order valence-electron chi connectivity index (χ1n) is 5.16. The van der Waals surface area contributed by atoms with Crippen LogP contribution in [0.15, 0.2) is 18.2 Å². The number of likely N-dealkylation sites (N-methyl/N-ethyl adjacent to an activating group) is 1. The summed E-state index contributed by atoms with van der Waals surface area (Å²) >= 11 is 0. The minimum absolute atomic E-state index is 0.649. The molecule has 0 bridgehead atoms. The normalized spacial score (nSPS) is 20.3. The summed E-state index contributed by atoms with van der Waals surface area (Å²) in [5, 5.41) is 3.34. The Bertz CT molecular complexity index is 322. The van der Waals surface area contributed by atoms with Gasteiger partial charge in [-0.05, 0) is 49.6 Å². The Kier molecular flexibility index (Phi) is 2.73. The summed E-state index contributed by atoms with van der Waals surface area (Å²) in [5.74, 6) is 0.978. The van der Waals surface area contributed by atoms with E-state index in [1.54, 1.807) is 7.11 Å². The van der Waals surface area contributed by atoms with Crippen LogP contribution in [0.4, 0.5) is 0 Å². The fourth-order valence-corrected chi connectivity index (χ4v) is 2.10. The predicted molar refractivity (Wildman–Crippen MR) is 57.9 cm³/mol. The van der Waals surface area contributed by atoms with Crippen molar-refractivity contribution < 1.29 is 4.74 Å². The average molecular weight is 191 g/mol. The monoisotopic (exact) mass is 191 g/mol. The number of benzene rings is 1. The van der Waals surface area contributed by atoms with Crippen LogP contribution < -0.4 is 10.1 Å². The molecule has 0 fully saturated rings. The van der Waals surface area contributed by atoms with E-state index in [0.717, 1.165) is 18.6 Å². The van der Waals surface area contributed by atoms with E-state index < -0.39 is 0 Å². The van der Waals surface area contributed by atoms with Crippen molar-refractivity contribution in [2.75, 3.05) is 14.2 Å². The van der Waals surface area contributed by atoms with Crippen molar-refractivity contribution in [2.24, 2.45) is 0 Å². The van der Waals surface area contributed by atoms with E-state index in [4.69, 9.17) is 4.74 Å². The van der Waals surface area contributed by atoms with Gasteiger partial charge in [0.05, 0.1) is 7.11 Å². The molecule has 0 heterocycles. The van der Waals surface area contributed by atoms with Gasteiger partial charge in [0.1, 0.15) is 5.75 Å². The summed E-state index contributed by atoms with van der Waals surface area (Å²) in [7, 11) is 3.76. The van der Waals surface area contributed by atoms with Crippen molar-refractivity contribution in [3.63, 3.8) is 0 Å². The van der Waals surface area contributed by atoms with Crippen molar-refractivity contribution >= 4 is 0 Å². The first kappa shape index (κ1) is 9.53. The lowest BCUT2D eigenvalue weighted by Crippen LogP contribution is -2.31. The Balaban J connectivity index is 2.23. The predicted octanol–water partition coefficient (Wildman–Crippen LogP) is 1.77. The minimum atomic E-state index is 0.649. The van der Waals surface area contributed by atoms with Crippen molar-refractivity contribution in [2.45, 2.75) is 25.3 Å². The Morgan fingerprint density at radius 2 is 2.21 bits per heavy atom. The lowest BCUT2D eigenvalue weighted by atomic mass is 9.88. The second-order valence-corrected chi connectivity index (χ2v) is 3.86. The van der Waals surface area contributed by atoms with Crippen LogP contribution >= 0.6 is 0 Å². The van der Waals surface area contributed by atoms with E-state index in [1.165, 1.54) is 17.5 Å². The van der Waals surface area contributed by atoms with Gasteiger partial charge in [0, 0.05) is 6.04 Å². The number of ether oxygens (including phenoxy) is 1. The molecule has 76 valence electrons. The van der Waals surface area contributed by atoms with Crippen molar-refractivity contribution in [3.8, 4) is 5.75 Å². The summed E-state index contributed by atoms with van der Waals surface area (Å²) in [4.78, 5) is 0. The van der Waals surface area contributed by atoms with Crippen LogP contribution in [-0.4, -0.2) is 20.2 Å². The average Bonchev–Trinajstić information content (AvgIpc) is 2.27. The first-order valence-corrected chi connectivity index (χ1v) is 5.16. The lowest BCUT2D eigenvalue weighted by molar-refractivity contribution is 0.412. The topological polar surface area (TPSA) is 21.3 Å². The number of rotatable bonds is 2. The highest BCUT2D eigenvalue weighted by Crippen LogP contribution is 2.25. The molecule has 0 amide bonds. The molecule has 0 saturated heterocycles. The van der Waals surface area contributed by atoms with Gasteiger partial charge in [-0.25, -0.2) is 0 Å². The van der Waals surface area contributed by atoms with Crippen LogP contribution in [0.2, 0.25) is 0 Å². The largest absolute Gasteiger partial charge is 0.497 e. The zero-order valence-electron chi connectivity index (χ0n) is 8.84. The summed E-state index contributed by atoms with van der Waals surface area (Å²) in [6, 6.07) is 7.06. The molecular weight excluding hydrogens is 174 g/mol. The third-order valence-corrected chi connectivity index (χ3v) is 3.05. The van der Waals surface area contributed by atoms with Crippen molar-refractivity contribution in [3.05, 3.63) is 29.3 Å². The highest BCUT2D eigenvalue weighted by molar-refractivity contribution is 5.37. The van der Waals surface area contributed by atoms with Gasteiger partial charge in [-0.3, -0.25) is 0 Å². The zero-order chi connectivity index (χ0) is 9.97. The Labute approximate surface area is 85.3 Å². The van der Waals surface area contributed by atoms with Crippen LogP contribution in [0.3, 0.4) is 0 Å². The third-order valence-electron chi connectivity index (χ3n) is 3.05. The summed E-state index contributed by atoms with van der Waals surface area (Å²) < 4.78 is 5.22. The van der Waals surface area contributed by atoms with E-state index in [1.807, 2.05) is 7.05 Å². The van der Waals surface area contributed by atoms with Gasteiger partial charge in [-0.1, -0.05) is 6.07 Å². The molecule has 1 aromatic rings. The van der Waals surface area contributed by atoms with Gasteiger partial charge in [0.25, 0.3) is 0 Å². The molecule has 0 radical (unpaired) electrons. The smallest absolute Gasteiger partial charge is 0.119 e. The quantitative estimate of drug-likeness (QED) is 0.769. The maximum atomic E-state index is 5.22. The van der Waals surface area contributed by atoms with Crippen LogP contribution in [0, 0.1) is 0 Å². The van der Waals surface area contributed by atoms with Crippen molar-refractivity contribution in [1.82, 2.24) is 5.32 Å². The van der Waals surface area contributed by atoms with Crippen LogP contribution in [0.5, 0.6) is 5.75 Å². The Morgan fingerprint density at radius 1 is 1.36 bits per heavy atom. The molecule has 1 N–H and O–H groups in total. The molecule has 2 heteroatoms. The molecule has 0 aliphatic heterocycles. The van der Waals surface area contributed by atoms with E-state index in [2.05, 4.69) is 23.5 Å². The van der Waals surface area contributed by atoms with E-state index in [-0.39, 0.29) is 0 Å². The zero-order valence-corrected chi connectivity index (χ0v) is 8.84. The van der Waals surface area contributed by atoms with Crippen LogP contribution in [0.1, 0.15) is 17.5 Å². The van der Waals surface area contributed by atoms with Crippen LogP contribution in [-0.2, 0) is 12.8 Å². The molecule has 1 aliphatic rings. The molecule has 1 aliphatic carbocycles. The fraction of sp³-hybridized carbons (Fsp3) is 0.500. The Morgan fingerprint density at radius 3 is 2.93 bits per heavy atom. The molecule has 0 saturated carbocycles. The standard InChI is InChI=1S/C12H17NO/c1-13-11-5-3-10-8-12(14-2)6-4-9(10)7-11/h4,6,8,11,13H,3,5,7H2,1-2H3/t11-/m1/s1. The van der Waals surface area contributed by atoms with Gasteiger partial charge < -0.3 is 10.1 Å². The molecule has 14 heavy (non-hydrogen) atoms. The number of fused-ring (bicyclic) bond motifs is 1. The summed E-state index contributed by atoms with van der Waals surface area (Å²) in [5.41, 5.74) is 2.92. The van der Waals surface area contributed by atoms with E-state index >= 15 is 0 Å². The van der Waals surface area contributed by atoms with Gasteiger partial charge in [0.15, 0.2) is 0 Å². The molecule has 1 aromatic carbocycles. The molecule has 0 unspecified atom stereocenters. The number of aryl methyl sites for hydroxylation is 1. The number of hydrogen-bond acceptors (Lipinski definition) is 2. The number of hydrogen-bond donors (Lipinski definition) is 1. The minimum Gasteiger partial charge on any atom is -0.497 e. The lowest BCUT2D eigenvalue weighted by Gasteiger charge is -2.24. The van der Waals surface area contributed by atoms with Gasteiger partial charge >= 0.3 is 0 Å². The van der Waals surface area contributed by atoms with E-state index in [9.17, 15) is 0 Å². The maximum Gasteiger partial charge on any atom is 0.119 e. The van der Waals surface area contributed by atoms with Crippen molar-refractivity contribution in [1.29, 1.82) is 0 Å². The molecular formula is C12H17NO. The molecule has 2 nitrogen and oxygen atoms in total. The highest BCUT2D eigenvalue weighted by Gasteiger charge is 2.17. The van der Waals surface area contributed by atoms with Crippen LogP contribution in [0.25, 0.3) is 0 Å². The highest BCUT2D eigenvalue weighted by atomic mass is 16.5. The molecule has 1 atom stereocenters. The number of methoxy groups -OCH3 is 1.